The zero-order valence-electron chi connectivity index (χ0n) is 14.9. The maximum Gasteiger partial charge on any atom is 0.220 e. The molecule has 0 atom stereocenters. The van der Waals surface area contributed by atoms with Crippen LogP contribution in [-0.2, 0) is 11.3 Å². The van der Waals surface area contributed by atoms with Crippen LogP contribution in [0, 0.1) is 12.7 Å². The Morgan fingerprint density at radius 2 is 1.74 bits per heavy atom. The van der Waals surface area contributed by atoms with Gasteiger partial charge in [0.05, 0.1) is 6.54 Å². The van der Waals surface area contributed by atoms with Crippen molar-refractivity contribution in [3.8, 4) is 11.3 Å². The molecule has 0 fully saturated rings. The Bertz CT molecular complexity index is 931. The Kier molecular flexibility index (Phi) is 5.76. The Balaban J connectivity index is 1.47. The molecule has 0 saturated heterocycles. The van der Waals surface area contributed by atoms with Gasteiger partial charge in [-0.25, -0.2) is 4.39 Å². The molecule has 6 heteroatoms. The first kappa shape index (κ1) is 18.5. The van der Waals surface area contributed by atoms with Gasteiger partial charge in [-0.1, -0.05) is 35.0 Å². The Morgan fingerprint density at radius 1 is 1.04 bits per heavy atom. The summed E-state index contributed by atoms with van der Waals surface area (Å²) in [6.07, 6.45) is 0.115. The fourth-order valence-corrected chi connectivity index (χ4v) is 2.53. The van der Waals surface area contributed by atoms with E-state index in [2.05, 4.69) is 10.5 Å². The topological polar surface area (TPSA) is 72.2 Å². The van der Waals surface area contributed by atoms with Crippen LogP contribution in [0.4, 0.5) is 4.39 Å². The lowest BCUT2D eigenvalue weighted by molar-refractivity contribution is -0.121. The summed E-state index contributed by atoms with van der Waals surface area (Å²) in [5, 5.41) is 6.66. The standard InChI is InChI=1S/C21H19FN2O3/c1-14-2-4-16(5-3-14)20-12-18(24-27-20)13-23-21(26)11-10-19(25)15-6-8-17(22)9-7-15/h2-9,12H,10-11,13H2,1H3,(H,23,26). The number of nitrogens with zero attached hydrogens (tertiary/aromatic N) is 1. The predicted molar refractivity (Wildman–Crippen MR) is 98.5 cm³/mol. The second-order valence-electron chi connectivity index (χ2n) is 6.26. The molecule has 27 heavy (non-hydrogen) atoms. The van der Waals surface area contributed by atoms with Crippen molar-refractivity contribution in [1.82, 2.24) is 10.5 Å². The van der Waals surface area contributed by atoms with Gasteiger partial charge >= 0.3 is 0 Å². The molecule has 0 aliphatic rings. The summed E-state index contributed by atoms with van der Waals surface area (Å²) in [7, 11) is 0. The third kappa shape index (κ3) is 5.10. The number of carbonyl (C=O) groups excluding carboxylic acids is 2. The van der Waals surface area contributed by atoms with Crippen LogP contribution in [0.15, 0.2) is 59.1 Å². The predicted octanol–water partition coefficient (Wildman–Crippen LogP) is 4.07. The van der Waals surface area contributed by atoms with E-state index >= 15 is 0 Å². The van der Waals surface area contributed by atoms with Gasteiger partial charge in [-0.15, -0.1) is 0 Å². The average Bonchev–Trinajstić information content (AvgIpc) is 3.14. The molecule has 0 unspecified atom stereocenters. The second-order valence-corrected chi connectivity index (χ2v) is 6.26. The number of Topliss-reactive ketones (excluding diaryl/α,β-unsaturated/α-hetero) is 1. The minimum atomic E-state index is -0.401. The Labute approximate surface area is 156 Å². The molecule has 2 aromatic carbocycles. The van der Waals surface area contributed by atoms with E-state index in [-0.39, 0.29) is 31.1 Å². The van der Waals surface area contributed by atoms with Gasteiger partial charge < -0.3 is 9.84 Å². The fourth-order valence-electron chi connectivity index (χ4n) is 2.53. The number of nitrogens with one attached hydrogen (secondary N) is 1. The highest BCUT2D eigenvalue weighted by atomic mass is 19.1. The van der Waals surface area contributed by atoms with E-state index in [9.17, 15) is 14.0 Å². The molecular formula is C21H19FN2O3. The molecule has 1 heterocycles. The monoisotopic (exact) mass is 366 g/mol. The lowest BCUT2D eigenvalue weighted by Crippen LogP contribution is -2.23. The first-order chi connectivity index (χ1) is 13.0. The molecule has 0 aliphatic heterocycles. The van der Waals surface area contributed by atoms with E-state index in [0.29, 0.717) is 17.0 Å². The summed E-state index contributed by atoms with van der Waals surface area (Å²) in [4.78, 5) is 23.9. The highest BCUT2D eigenvalue weighted by Crippen LogP contribution is 2.20. The third-order valence-electron chi connectivity index (χ3n) is 4.11. The molecule has 3 aromatic rings. The van der Waals surface area contributed by atoms with Gasteiger partial charge in [0.15, 0.2) is 11.5 Å². The van der Waals surface area contributed by atoms with Crippen LogP contribution in [0.1, 0.15) is 34.5 Å². The first-order valence-corrected chi connectivity index (χ1v) is 8.59. The molecule has 0 spiro atoms. The van der Waals surface area contributed by atoms with Crippen molar-refractivity contribution in [2.24, 2.45) is 0 Å². The quantitative estimate of drug-likeness (QED) is 0.640. The normalized spacial score (nSPS) is 10.6. The number of ketones is 1. The minimum Gasteiger partial charge on any atom is -0.356 e. The van der Waals surface area contributed by atoms with E-state index in [1.807, 2.05) is 31.2 Å². The fraction of sp³-hybridized carbons (Fsp3) is 0.190. The summed E-state index contributed by atoms with van der Waals surface area (Å²) in [6, 6.07) is 14.9. The van der Waals surface area contributed by atoms with Crippen molar-refractivity contribution < 1.29 is 18.5 Å². The number of hydrogen-bond donors (Lipinski definition) is 1. The van der Waals surface area contributed by atoms with Crippen molar-refractivity contribution in [3.05, 3.63) is 77.2 Å². The summed E-state index contributed by atoms with van der Waals surface area (Å²) in [5.41, 5.74) is 3.06. The lowest BCUT2D eigenvalue weighted by Gasteiger charge is -2.03. The molecule has 5 nitrogen and oxygen atoms in total. The minimum absolute atomic E-state index is 0.0544. The van der Waals surface area contributed by atoms with Crippen molar-refractivity contribution in [3.63, 3.8) is 0 Å². The number of benzene rings is 2. The van der Waals surface area contributed by atoms with Crippen LogP contribution in [0.5, 0.6) is 0 Å². The molecule has 1 N–H and O–H groups in total. The molecule has 0 aliphatic carbocycles. The largest absolute Gasteiger partial charge is 0.356 e. The number of aryl methyl sites for hydroxylation is 1. The summed E-state index contributed by atoms with van der Waals surface area (Å²) in [6.45, 7) is 2.23. The van der Waals surface area contributed by atoms with E-state index < -0.39 is 5.82 Å². The molecule has 3 rings (SSSR count). The van der Waals surface area contributed by atoms with Crippen LogP contribution < -0.4 is 5.32 Å². The van der Waals surface area contributed by atoms with E-state index in [1.54, 1.807) is 6.07 Å². The van der Waals surface area contributed by atoms with Crippen LogP contribution >= 0.6 is 0 Å². The molecular weight excluding hydrogens is 347 g/mol. The highest BCUT2D eigenvalue weighted by Gasteiger charge is 2.11. The van der Waals surface area contributed by atoms with Gasteiger partial charge in [-0.2, -0.15) is 0 Å². The Morgan fingerprint density at radius 3 is 2.44 bits per heavy atom. The van der Waals surface area contributed by atoms with Crippen LogP contribution in [0.3, 0.4) is 0 Å². The van der Waals surface area contributed by atoms with Gasteiger partial charge in [0.1, 0.15) is 11.5 Å². The number of carbonyl (C=O) groups is 2. The van der Waals surface area contributed by atoms with Crippen LogP contribution in [0.2, 0.25) is 0 Å². The number of rotatable bonds is 7. The maximum atomic E-state index is 12.9. The molecule has 138 valence electrons. The van der Waals surface area contributed by atoms with Gasteiger partial charge in [-0.05, 0) is 31.2 Å². The van der Waals surface area contributed by atoms with Crippen molar-refractivity contribution in [1.29, 1.82) is 0 Å². The van der Waals surface area contributed by atoms with Gasteiger partial charge in [-0.3, -0.25) is 9.59 Å². The summed E-state index contributed by atoms with van der Waals surface area (Å²) < 4.78 is 18.2. The van der Waals surface area contributed by atoms with Gasteiger partial charge in [0.2, 0.25) is 5.91 Å². The van der Waals surface area contributed by atoms with Crippen LogP contribution in [0.25, 0.3) is 11.3 Å². The second kappa shape index (κ2) is 8.40. The van der Waals surface area contributed by atoms with E-state index in [0.717, 1.165) is 11.1 Å². The number of halogens is 1. The zero-order valence-corrected chi connectivity index (χ0v) is 14.9. The first-order valence-electron chi connectivity index (χ1n) is 8.59. The van der Waals surface area contributed by atoms with Crippen molar-refractivity contribution >= 4 is 11.7 Å². The maximum absolute atomic E-state index is 12.9. The molecule has 1 aromatic heterocycles. The Hall–Kier alpha value is -3.28. The third-order valence-corrected chi connectivity index (χ3v) is 4.11. The summed E-state index contributed by atoms with van der Waals surface area (Å²) >= 11 is 0. The van der Waals surface area contributed by atoms with Gasteiger partial charge in [0.25, 0.3) is 0 Å². The van der Waals surface area contributed by atoms with E-state index in [1.165, 1.54) is 24.3 Å². The number of aromatic nitrogens is 1. The average molecular weight is 366 g/mol. The smallest absolute Gasteiger partial charge is 0.220 e. The molecule has 0 radical (unpaired) electrons. The van der Waals surface area contributed by atoms with Crippen LogP contribution in [-0.4, -0.2) is 16.8 Å². The van der Waals surface area contributed by atoms with E-state index in [4.69, 9.17) is 4.52 Å². The summed E-state index contributed by atoms with van der Waals surface area (Å²) in [5.74, 6) is -0.230. The number of amides is 1. The molecule has 0 saturated carbocycles. The van der Waals surface area contributed by atoms with Gasteiger partial charge in [0, 0.05) is 30.0 Å². The molecule has 1 amide bonds. The van der Waals surface area contributed by atoms with Crippen molar-refractivity contribution in [2.45, 2.75) is 26.3 Å². The highest BCUT2D eigenvalue weighted by molar-refractivity contribution is 5.97. The lowest BCUT2D eigenvalue weighted by atomic mass is 10.1. The van der Waals surface area contributed by atoms with Crippen molar-refractivity contribution in [2.75, 3.05) is 0 Å². The zero-order chi connectivity index (χ0) is 19.2. The number of hydrogen-bond acceptors (Lipinski definition) is 4. The SMILES string of the molecule is Cc1ccc(-c2cc(CNC(=O)CCC(=O)c3ccc(F)cc3)no2)cc1. The molecule has 0 bridgehead atoms.